The molecule has 2 fully saturated rings. The van der Waals surface area contributed by atoms with Crippen molar-refractivity contribution in [2.45, 2.75) is 68.3 Å². The van der Waals surface area contributed by atoms with Gasteiger partial charge >= 0.3 is 0 Å². The molecule has 10 heteroatoms. The molecule has 0 amide bonds. The maximum Gasteiger partial charge on any atom is 0.229 e. The summed E-state index contributed by atoms with van der Waals surface area (Å²) in [6, 6.07) is 6.75. The van der Waals surface area contributed by atoms with E-state index >= 15 is 0 Å². The summed E-state index contributed by atoms with van der Waals surface area (Å²) < 4.78 is 22.4. The Hall–Kier alpha value is -1.60. The van der Waals surface area contributed by atoms with Crippen LogP contribution in [-0.2, 0) is 14.2 Å². The summed E-state index contributed by atoms with van der Waals surface area (Å²) in [5.74, 6) is 0.355. The highest BCUT2D eigenvalue weighted by atomic mass is 16.8. The molecule has 3 rings (SSSR count). The second-order valence-corrected chi connectivity index (χ2v) is 7.38. The van der Waals surface area contributed by atoms with E-state index < -0.39 is 68.0 Å². The third-order valence-corrected chi connectivity index (χ3v) is 5.29. The van der Waals surface area contributed by atoms with Gasteiger partial charge < -0.3 is 49.6 Å². The molecule has 0 radical (unpaired) electrons. The van der Waals surface area contributed by atoms with Crippen molar-refractivity contribution in [3.63, 3.8) is 0 Å². The van der Waals surface area contributed by atoms with Crippen LogP contribution >= 0.6 is 0 Å². The lowest BCUT2D eigenvalue weighted by Gasteiger charge is -2.45. The van der Waals surface area contributed by atoms with Gasteiger partial charge in [-0.15, -0.1) is 0 Å². The van der Waals surface area contributed by atoms with E-state index in [-0.39, 0.29) is 0 Å². The number of rotatable bonds is 6. The maximum atomic E-state index is 10.6. The molecule has 0 aromatic heterocycles. The van der Waals surface area contributed by atoms with Gasteiger partial charge in [0.1, 0.15) is 42.4 Å². The quantitative estimate of drug-likeness (QED) is 0.310. The summed E-state index contributed by atoms with van der Waals surface area (Å²) in [5, 5.41) is 60.3. The fraction of sp³-hybridized carbons (Fsp3) is 0.600. The summed E-state index contributed by atoms with van der Waals surface area (Å²) in [5.41, 5.74) is 0.851. The molecule has 0 bridgehead atoms. The van der Waals surface area contributed by atoms with Gasteiger partial charge in [-0.2, -0.15) is 0 Å². The highest BCUT2D eigenvalue weighted by Gasteiger charge is 2.50. The highest BCUT2D eigenvalue weighted by Crippen LogP contribution is 2.30. The molecular formula is C20H28O10. The van der Waals surface area contributed by atoms with Crippen molar-refractivity contribution in [2.24, 2.45) is 0 Å². The molecule has 10 atom stereocenters. The number of aliphatic hydroxyl groups excluding tert-OH is 6. The lowest BCUT2D eigenvalue weighted by molar-refractivity contribution is -0.354. The van der Waals surface area contributed by atoms with Crippen LogP contribution in [-0.4, -0.2) is 98.7 Å². The van der Waals surface area contributed by atoms with Crippen LogP contribution in [0.4, 0.5) is 0 Å². The molecule has 1 aromatic rings. The molecule has 2 aliphatic heterocycles. The van der Waals surface area contributed by atoms with Gasteiger partial charge in [0.25, 0.3) is 0 Å². The monoisotopic (exact) mass is 428 g/mol. The first-order chi connectivity index (χ1) is 14.3. The topological polar surface area (TPSA) is 158 Å². The van der Waals surface area contributed by atoms with Crippen molar-refractivity contribution < 1.29 is 49.6 Å². The van der Waals surface area contributed by atoms with Gasteiger partial charge in [0.2, 0.25) is 6.29 Å². The van der Waals surface area contributed by atoms with Crippen LogP contribution in [0.15, 0.2) is 30.8 Å². The molecule has 0 unspecified atom stereocenters. The maximum absolute atomic E-state index is 10.6. The Bertz CT molecular complexity index is 697. The molecular weight excluding hydrogens is 400 g/mol. The first kappa shape index (κ1) is 23.1. The molecule has 168 valence electrons. The Kier molecular flexibility index (Phi) is 7.45. The second kappa shape index (κ2) is 9.69. The molecule has 6 N–H and O–H groups in total. The van der Waals surface area contributed by atoms with E-state index in [1.807, 2.05) is 0 Å². The Morgan fingerprint density at radius 2 is 1.57 bits per heavy atom. The fourth-order valence-electron chi connectivity index (χ4n) is 3.39. The van der Waals surface area contributed by atoms with E-state index in [0.717, 1.165) is 5.56 Å². The lowest BCUT2D eigenvalue weighted by Crippen LogP contribution is -2.64. The smallest absolute Gasteiger partial charge is 0.229 e. The van der Waals surface area contributed by atoms with E-state index in [4.69, 9.17) is 18.9 Å². The molecule has 0 aliphatic carbocycles. The SMILES string of the molecule is C=Cc1ccc(O[C@@H]2O[C@@H](CO)[C@@H](O)[C@H](O)[C@H]2O[C@H]2O[C@@H](C)[C@H](O)[C@H](O)[C@@H]2O)cc1. The molecule has 0 saturated carbocycles. The van der Waals surface area contributed by atoms with E-state index in [2.05, 4.69) is 6.58 Å². The largest absolute Gasteiger partial charge is 0.462 e. The molecule has 2 heterocycles. The Morgan fingerprint density at radius 3 is 2.17 bits per heavy atom. The lowest BCUT2D eigenvalue weighted by atomic mass is 9.97. The van der Waals surface area contributed by atoms with Crippen LogP contribution in [0.25, 0.3) is 6.08 Å². The normalized spacial score (nSPS) is 42.0. The van der Waals surface area contributed by atoms with E-state index in [1.165, 1.54) is 6.92 Å². The first-order valence-electron chi connectivity index (χ1n) is 9.63. The van der Waals surface area contributed by atoms with Crippen molar-refractivity contribution >= 4 is 6.08 Å². The van der Waals surface area contributed by atoms with Gasteiger partial charge in [-0.3, -0.25) is 0 Å². The Morgan fingerprint density at radius 1 is 0.900 bits per heavy atom. The first-order valence-corrected chi connectivity index (χ1v) is 9.63. The van der Waals surface area contributed by atoms with Gasteiger partial charge in [-0.1, -0.05) is 24.8 Å². The average Bonchev–Trinajstić information content (AvgIpc) is 2.75. The Labute approximate surface area is 173 Å². The van der Waals surface area contributed by atoms with Crippen LogP contribution < -0.4 is 4.74 Å². The van der Waals surface area contributed by atoms with Crippen molar-refractivity contribution in [3.8, 4) is 5.75 Å². The molecule has 0 spiro atoms. The van der Waals surface area contributed by atoms with Gasteiger partial charge in [0, 0.05) is 0 Å². The number of aliphatic hydroxyl groups is 6. The van der Waals surface area contributed by atoms with Crippen LogP contribution in [0.2, 0.25) is 0 Å². The summed E-state index contributed by atoms with van der Waals surface area (Å²) in [6.07, 6.45) is -12.0. The van der Waals surface area contributed by atoms with Gasteiger partial charge in [-0.05, 0) is 24.6 Å². The number of benzene rings is 1. The zero-order chi connectivity index (χ0) is 22.0. The van der Waals surface area contributed by atoms with Crippen LogP contribution in [0.3, 0.4) is 0 Å². The minimum absolute atomic E-state index is 0.355. The van der Waals surface area contributed by atoms with Crippen molar-refractivity contribution in [1.82, 2.24) is 0 Å². The summed E-state index contributed by atoms with van der Waals surface area (Å²) in [6.45, 7) is 4.57. The predicted molar refractivity (Wildman–Crippen MR) is 102 cm³/mol. The van der Waals surface area contributed by atoms with Crippen LogP contribution in [0.1, 0.15) is 12.5 Å². The third kappa shape index (κ3) is 4.67. The zero-order valence-electron chi connectivity index (χ0n) is 16.4. The van der Waals surface area contributed by atoms with Crippen LogP contribution in [0, 0.1) is 0 Å². The molecule has 2 aliphatic rings. The highest BCUT2D eigenvalue weighted by molar-refractivity contribution is 5.48. The molecule has 2 saturated heterocycles. The van der Waals surface area contributed by atoms with E-state index in [0.29, 0.717) is 5.75 Å². The third-order valence-electron chi connectivity index (χ3n) is 5.29. The molecule has 10 nitrogen and oxygen atoms in total. The average molecular weight is 428 g/mol. The standard InChI is InChI=1S/C20H28O10/c1-3-10-4-6-11(7-5-10)28-20-18(16(25)14(23)12(8-21)29-20)30-19-17(26)15(24)13(22)9(2)27-19/h3-7,9,12-26H,1,8H2,2H3/t9-,12-,13-,14+,15-,16-,17-,18+,19+,20+/m0/s1. The zero-order valence-corrected chi connectivity index (χ0v) is 16.4. The van der Waals surface area contributed by atoms with Crippen molar-refractivity contribution in [3.05, 3.63) is 36.4 Å². The van der Waals surface area contributed by atoms with Gasteiger partial charge in [0.15, 0.2) is 12.4 Å². The van der Waals surface area contributed by atoms with Crippen molar-refractivity contribution in [1.29, 1.82) is 0 Å². The number of hydrogen-bond donors (Lipinski definition) is 6. The van der Waals surface area contributed by atoms with Gasteiger partial charge in [0.05, 0.1) is 12.7 Å². The summed E-state index contributed by atoms with van der Waals surface area (Å²) in [4.78, 5) is 0. The molecule has 1 aromatic carbocycles. The van der Waals surface area contributed by atoms with E-state index in [9.17, 15) is 30.6 Å². The number of hydrogen-bond acceptors (Lipinski definition) is 10. The minimum atomic E-state index is -1.62. The van der Waals surface area contributed by atoms with Gasteiger partial charge in [-0.25, -0.2) is 0 Å². The predicted octanol–water partition coefficient (Wildman–Crippen LogP) is -1.64. The van der Waals surface area contributed by atoms with Crippen molar-refractivity contribution in [2.75, 3.05) is 6.61 Å². The fourth-order valence-corrected chi connectivity index (χ4v) is 3.39. The Balaban J connectivity index is 1.80. The minimum Gasteiger partial charge on any atom is -0.462 e. The number of ether oxygens (including phenoxy) is 4. The van der Waals surface area contributed by atoms with E-state index in [1.54, 1.807) is 30.3 Å². The summed E-state index contributed by atoms with van der Waals surface area (Å²) in [7, 11) is 0. The van der Waals surface area contributed by atoms with Crippen LogP contribution in [0.5, 0.6) is 5.75 Å². The molecule has 30 heavy (non-hydrogen) atoms. The second-order valence-electron chi connectivity index (χ2n) is 7.38. The summed E-state index contributed by atoms with van der Waals surface area (Å²) >= 11 is 0.